The summed E-state index contributed by atoms with van der Waals surface area (Å²) < 4.78 is 1.21. The van der Waals surface area contributed by atoms with Crippen molar-refractivity contribution in [1.29, 1.82) is 0 Å². The third kappa shape index (κ3) is 2.81. The van der Waals surface area contributed by atoms with Gasteiger partial charge in [-0.05, 0) is 40.8 Å². The Bertz CT molecular complexity index is 297. The number of hydrogen-bond donors (Lipinski definition) is 1. The Kier molecular flexibility index (Phi) is 3.63. The maximum Gasteiger partial charge on any atom is 0.0302 e. The van der Waals surface area contributed by atoms with Crippen LogP contribution in [0.4, 0.5) is 0 Å². The van der Waals surface area contributed by atoms with Crippen molar-refractivity contribution in [3.05, 3.63) is 20.8 Å². The monoisotopic (exact) mass is 273 g/mol. The van der Waals surface area contributed by atoms with Crippen LogP contribution >= 0.6 is 27.3 Å². The van der Waals surface area contributed by atoms with Gasteiger partial charge in [0.15, 0.2) is 0 Å². The molecule has 1 heterocycles. The lowest BCUT2D eigenvalue weighted by atomic mass is 10.2. The summed E-state index contributed by atoms with van der Waals surface area (Å²) in [5, 5.41) is 5.76. The van der Waals surface area contributed by atoms with Gasteiger partial charge in [-0.1, -0.05) is 13.3 Å². The summed E-state index contributed by atoms with van der Waals surface area (Å²) in [6.07, 6.45) is 4.11. The Morgan fingerprint density at radius 1 is 1.64 bits per heavy atom. The van der Waals surface area contributed by atoms with Crippen LogP contribution < -0.4 is 5.32 Å². The molecule has 2 unspecified atom stereocenters. The van der Waals surface area contributed by atoms with Gasteiger partial charge in [-0.15, -0.1) is 11.3 Å². The summed E-state index contributed by atoms with van der Waals surface area (Å²) in [6, 6.07) is 3.00. The van der Waals surface area contributed by atoms with E-state index in [1.807, 2.05) is 11.3 Å². The van der Waals surface area contributed by atoms with Gasteiger partial charge in [0.1, 0.15) is 0 Å². The molecule has 1 aliphatic rings. The Morgan fingerprint density at radius 3 is 3.14 bits per heavy atom. The van der Waals surface area contributed by atoms with E-state index in [2.05, 4.69) is 39.6 Å². The summed E-state index contributed by atoms with van der Waals surface area (Å²) in [4.78, 5) is 1.43. The van der Waals surface area contributed by atoms with Crippen molar-refractivity contribution in [3.63, 3.8) is 0 Å². The lowest BCUT2D eigenvalue weighted by molar-refractivity contribution is 0.602. The van der Waals surface area contributed by atoms with Crippen LogP contribution in [-0.4, -0.2) is 6.04 Å². The molecule has 3 heteroatoms. The number of halogens is 1. The molecule has 0 spiro atoms. The minimum Gasteiger partial charge on any atom is -0.309 e. The van der Waals surface area contributed by atoms with Gasteiger partial charge >= 0.3 is 0 Å². The van der Waals surface area contributed by atoms with Crippen LogP contribution in [0.1, 0.15) is 31.1 Å². The van der Waals surface area contributed by atoms with Gasteiger partial charge < -0.3 is 5.32 Å². The number of rotatable bonds is 5. The van der Waals surface area contributed by atoms with E-state index in [0.29, 0.717) is 0 Å². The molecule has 1 aromatic heterocycles. The van der Waals surface area contributed by atoms with Crippen molar-refractivity contribution in [2.45, 2.75) is 38.8 Å². The van der Waals surface area contributed by atoms with Gasteiger partial charge in [0, 0.05) is 27.3 Å². The molecule has 2 atom stereocenters. The Morgan fingerprint density at radius 2 is 2.50 bits per heavy atom. The molecule has 0 aromatic carbocycles. The van der Waals surface area contributed by atoms with Crippen molar-refractivity contribution >= 4 is 27.3 Å². The fraction of sp³-hybridized carbons (Fsp3) is 0.636. The SMILES string of the molecule is CCCC1CC1NCc1cc(Br)cs1. The number of nitrogens with one attached hydrogen (secondary N) is 1. The lowest BCUT2D eigenvalue weighted by Gasteiger charge is -2.00. The van der Waals surface area contributed by atoms with Gasteiger partial charge in [-0.2, -0.15) is 0 Å². The van der Waals surface area contributed by atoms with Gasteiger partial charge in [0.2, 0.25) is 0 Å². The Hall–Kier alpha value is 0.140. The minimum atomic E-state index is 0.802. The molecule has 0 saturated heterocycles. The van der Waals surface area contributed by atoms with Crippen LogP contribution in [0.25, 0.3) is 0 Å². The van der Waals surface area contributed by atoms with E-state index in [-0.39, 0.29) is 0 Å². The largest absolute Gasteiger partial charge is 0.309 e. The maximum absolute atomic E-state index is 3.61. The molecular weight excluding hydrogens is 258 g/mol. The summed E-state index contributed by atoms with van der Waals surface area (Å²) in [7, 11) is 0. The van der Waals surface area contributed by atoms with E-state index in [0.717, 1.165) is 18.5 Å². The molecule has 1 aromatic rings. The minimum absolute atomic E-state index is 0.802. The van der Waals surface area contributed by atoms with Crippen molar-refractivity contribution in [2.24, 2.45) is 5.92 Å². The van der Waals surface area contributed by atoms with E-state index in [1.165, 1.54) is 28.6 Å². The highest BCUT2D eigenvalue weighted by Crippen LogP contribution is 2.35. The zero-order valence-electron chi connectivity index (χ0n) is 8.42. The van der Waals surface area contributed by atoms with E-state index in [4.69, 9.17) is 0 Å². The molecule has 1 nitrogen and oxygen atoms in total. The molecule has 1 N–H and O–H groups in total. The lowest BCUT2D eigenvalue weighted by Crippen LogP contribution is -2.16. The number of thiophene rings is 1. The highest BCUT2D eigenvalue weighted by Gasteiger charge is 2.35. The second kappa shape index (κ2) is 4.77. The maximum atomic E-state index is 3.61. The van der Waals surface area contributed by atoms with Crippen LogP contribution in [0.15, 0.2) is 15.9 Å². The zero-order valence-corrected chi connectivity index (χ0v) is 10.8. The second-order valence-corrected chi connectivity index (χ2v) is 5.91. The molecule has 0 amide bonds. The molecule has 1 fully saturated rings. The van der Waals surface area contributed by atoms with Gasteiger partial charge in [0.05, 0.1) is 0 Å². The Balaban J connectivity index is 1.69. The molecule has 0 aliphatic heterocycles. The zero-order chi connectivity index (χ0) is 9.97. The fourth-order valence-corrected chi connectivity index (χ4v) is 3.27. The fourth-order valence-electron chi connectivity index (χ4n) is 1.87. The van der Waals surface area contributed by atoms with E-state index >= 15 is 0 Å². The predicted molar refractivity (Wildman–Crippen MR) is 65.7 cm³/mol. The summed E-state index contributed by atoms with van der Waals surface area (Å²) in [5.74, 6) is 0.961. The highest BCUT2D eigenvalue weighted by molar-refractivity contribution is 9.10. The summed E-state index contributed by atoms with van der Waals surface area (Å²) in [6.45, 7) is 3.31. The average Bonchev–Trinajstić information content (AvgIpc) is 2.77. The average molecular weight is 274 g/mol. The molecule has 1 aliphatic carbocycles. The van der Waals surface area contributed by atoms with Gasteiger partial charge in [-0.25, -0.2) is 0 Å². The molecular formula is C11H16BrNS. The van der Waals surface area contributed by atoms with Crippen LogP contribution in [0, 0.1) is 5.92 Å². The van der Waals surface area contributed by atoms with E-state index < -0.39 is 0 Å². The summed E-state index contributed by atoms with van der Waals surface area (Å²) in [5.41, 5.74) is 0. The third-order valence-corrected chi connectivity index (χ3v) is 4.44. The normalized spacial score (nSPS) is 25.3. The van der Waals surface area contributed by atoms with Gasteiger partial charge in [0.25, 0.3) is 0 Å². The van der Waals surface area contributed by atoms with Crippen LogP contribution in [0.5, 0.6) is 0 Å². The van der Waals surface area contributed by atoms with Crippen LogP contribution in [-0.2, 0) is 6.54 Å². The highest BCUT2D eigenvalue weighted by atomic mass is 79.9. The van der Waals surface area contributed by atoms with Gasteiger partial charge in [-0.3, -0.25) is 0 Å². The van der Waals surface area contributed by atoms with E-state index in [9.17, 15) is 0 Å². The van der Waals surface area contributed by atoms with Crippen molar-refractivity contribution in [2.75, 3.05) is 0 Å². The Labute approximate surface area is 98.0 Å². The predicted octanol–water partition coefficient (Wildman–Crippen LogP) is 3.79. The number of hydrogen-bond acceptors (Lipinski definition) is 2. The molecule has 14 heavy (non-hydrogen) atoms. The molecule has 2 rings (SSSR count). The van der Waals surface area contributed by atoms with Crippen molar-refractivity contribution in [3.8, 4) is 0 Å². The summed E-state index contributed by atoms with van der Waals surface area (Å²) >= 11 is 5.30. The first-order chi connectivity index (χ1) is 6.79. The first kappa shape index (κ1) is 10.7. The van der Waals surface area contributed by atoms with E-state index in [1.54, 1.807) is 0 Å². The molecule has 0 bridgehead atoms. The molecule has 1 saturated carbocycles. The quantitative estimate of drug-likeness (QED) is 0.861. The standard InChI is InChI=1S/C11H16BrNS/c1-2-3-8-4-11(8)13-6-10-5-9(12)7-14-10/h5,7-8,11,13H,2-4,6H2,1H3. The second-order valence-electron chi connectivity index (χ2n) is 4.00. The van der Waals surface area contributed by atoms with Crippen molar-refractivity contribution < 1.29 is 0 Å². The molecule has 78 valence electrons. The first-order valence-corrected chi connectivity index (χ1v) is 6.93. The van der Waals surface area contributed by atoms with Crippen LogP contribution in [0.3, 0.4) is 0 Å². The third-order valence-electron chi connectivity index (χ3n) is 2.74. The van der Waals surface area contributed by atoms with Crippen molar-refractivity contribution in [1.82, 2.24) is 5.32 Å². The first-order valence-electron chi connectivity index (χ1n) is 5.26. The smallest absolute Gasteiger partial charge is 0.0302 e. The topological polar surface area (TPSA) is 12.0 Å². The van der Waals surface area contributed by atoms with Crippen LogP contribution in [0.2, 0.25) is 0 Å². The molecule has 0 radical (unpaired) electrons.